The highest BCUT2D eigenvalue weighted by molar-refractivity contribution is 7.21. The van der Waals surface area contributed by atoms with Crippen molar-refractivity contribution in [1.29, 1.82) is 0 Å². The lowest BCUT2D eigenvalue weighted by Gasteiger charge is -2.08. The molecule has 1 aromatic carbocycles. The van der Waals surface area contributed by atoms with Crippen LogP contribution in [-0.4, -0.2) is 31.2 Å². The molecular weight excluding hydrogens is 344 g/mol. The predicted molar refractivity (Wildman–Crippen MR) is 96.2 cm³/mol. The van der Waals surface area contributed by atoms with Crippen LogP contribution in [0.4, 0.5) is 0 Å². The van der Waals surface area contributed by atoms with Crippen LogP contribution in [0.5, 0.6) is 11.5 Å². The van der Waals surface area contributed by atoms with E-state index in [4.69, 9.17) is 9.47 Å². The smallest absolute Gasteiger partial charge is 0.263 e. The summed E-state index contributed by atoms with van der Waals surface area (Å²) in [5.41, 5.74) is 0. The van der Waals surface area contributed by atoms with Gasteiger partial charge >= 0.3 is 0 Å². The largest absolute Gasteiger partial charge is 0.497 e. The normalized spacial score (nSPS) is 10.4. The maximum atomic E-state index is 12.1. The SMILES string of the molecule is COc1cccc(OCCNC(=O)c2cnc(-c3cccs3)s2)c1. The summed E-state index contributed by atoms with van der Waals surface area (Å²) >= 11 is 3.00. The van der Waals surface area contributed by atoms with Gasteiger partial charge in [-0.2, -0.15) is 0 Å². The van der Waals surface area contributed by atoms with E-state index in [-0.39, 0.29) is 5.91 Å². The van der Waals surface area contributed by atoms with Gasteiger partial charge in [0, 0.05) is 6.07 Å². The van der Waals surface area contributed by atoms with Crippen molar-refractivity contribution in [1.82, 2.24) is 10.3 Å². The second-order valence-corrected chi connectivity index (χ2v) is 6.77. The zero-order valence-electron chi connectivity index (χ0n) is 13.0. The molecule has 3 rings (SSSR count). The Morgan fingerprint density at radius 1 is 1.25 bits per heavy atom. The average molecular weight is 360 g/mol. The molecule has 0 radical (unpaired) electrons. The van der Waals surface area contributed by atoms with Crippen molar-refractivity contribution in [2.45, 2.75) is 0 Å². The van der Waals surface area contributed by atoms with E-state index in [1.165, 1.54) is 11.3 Å². The Morgan fingerprint density at radius 2 is 2.12 bits per heavy atom. The lowest BCUT2D eigenvalue weighted by Crippen LogP contribution is -2.27. The Hall–Kier alpha value is -2.38. The number of benzene rings is 1. The molecule has 0 aliphatic carbocycles. The van der Waals surface area contributed by atoms with Gasteiger partial charge in [0.1, 0.15) is 28.0 Å². The van der Waals surface area contributed by atoms with Crippen LogP contribution in [0.15, 0.2) is 48.0 Å². The van der Waals surface area contributed by atoms with E-state index in [2.05, 4.69) is 10.3 Å². The number of nitrogens with zero attached hydrogens (tertiary/aromatic N) is 1. The third-order valence-electron chi connectivity index (χ3n) is 3.16. The Labute approximate surface area is 147 Å². The first-order valence-corrected chi connectivity index (χ1v) is 9.00. The maximum absolute atomic E-state index is 12.1. The molecular formula is C17H16N2O3S2. The minimum Gasteiger partial charge on any atom is -0.497 e. The number of thiophene rings is 1. The number of methoxy groups -OCH3 is 1. The summed E-state index contributed by atoms with van der Waals surface area (Å²) in [6, 6.07) is 11.3. The first-order chi connectivity index (χ1) is 11.8. The van der Waals surface area contributed by atoms with E-state index in [0.717, 1.165) is 15.6 Å². The molecule has 2 aromatic heterocycles. The molecule has 24 heavy (non-hydrogen) atoms. The number of aromatic nitrogens is 1. The number of carbonyl (C=O) groups excluding carboxylic acids is 1. The number of rotatable bonds is 7. The highest BCUT2D eigenvalue weighted by Gasteiger charge is 2.11. The van der Waals surface area contributed by atoms with Crippen LogP contribution in [-0.2, 0) is 0 Å². The molecule has 2 heterocycles. The van der Waals surface area contributed by atoms with E-state index in [0.29, 0.717) is 23.8 Å². The molecule has 0 saturated carbocycles. The number of hydrogen-bond acceptors (Lipinski definition) is 6. The van der Waals surface area contributed by atoms with Gasteiger partial charge in [-0.15, -0.1) is 22.7 Å². The molecule has 0 aliphatic rings. The zero-order chi connectivity index (χ0) is 16.8. The summed E-state index contributed by atoms with van der Waals surface area (Å²) < 4.78 is 10.7. The van der Waals surface area contributed by atoms with Gasteiger partial charge in [-0.3, -0.25) is 4.79 Å². The molecule has 0 atom stereocenters. The molecule has 0 fully saturated rings. The minimum absolute atomic E-state index is 0.135. The molecule has 0 unspecified atom stereocenters. The van der Waals surface area contributed by atoms with E-state index in [9.17, 15) is 4.79 Å². The van der Waals surface area contributed by atoms with Crippen LogP contribution in [0, 0.1) is 0 Å². The molecule has 124 valence electrons. The Bertz CT molecular complexity index is 800. The third-order valence-corrected chi connectivity index (χ3v) is 5.19. The Balaban J connectivity index is 1.47. The standard InChI is InChI=1S/C17H16N2O3S2/c1-21-12-4-2-5-13(10-12)22-8-7-18-16(20)15-11-19-17(24-15)14-6-3-9-23-14/h2-6,9-11H,7-8H2,1H3,(H,18,20). The van der Waals surface area contributed by atoms with Crippen LogP contribution >= 0.6 is 22.7 Å². The summed E-state index contributed by atoms with van der Waals surface area (Å²) in [5.74, 6) is 1.31. The molecule has 3 aromatic rings. The van der Waals surface area contributed by atoms with Gasteiger partial charge < -0.3 is 14.8 Å². The number of ether oxygens (including phenoxy) is 2. The maximum Gasteiger partial charge on any atom is 0.263 e. The van der Waals surface area contributed by atoms with Gasteiger partial charge in [0.25, 0.3) is 5.91 Å². The molecule has 0 bridgehead atoms. The number of hydrogen-bond donors (Lipinski definition) is 1. The summed E-state index contributed by atoms with van der Waals surface area (Å²) in [7, 11) is 1.61. The first kappa shape index (κ1) is 16.5. The van der Waals surface area contributed by atoms with Gasteiger partial charge in [0.2, 0.25) is 0 Å². The molecule has 0 aliphatic heterocycles. The van der Waals surface area contributed by atoms with Gasteiger partial charge in [-0.25, -0.2) is 4.98 Å². The Morgan fingerprint density at radius 3 is 2.92 bits per heavy atom. The van der Waals surface area contributed by atoms with Crippen molar-refractivity contribution in [2.75, 3.05) is 20.3 Å². The molecule has 7 heteroatoms. The number of nitrogens with one attached hydrogen (secondary N) is 1. The fraction of sp³-hybridized carbons (Fsp3) is 0.176. The molecule has 0 spiro atoms. The minimum atomic E-state index is -0.135. The van der Waals surface area contributed by atoms with Crippen LogP contribution in [0.1, 0.15) is 9.67 Å². The van der Waals surface area contributed by atoms with E-state index >= 15 is 0 Å². The van der Waals surface area contributed by atoms with Crippen molar-refractivity contribution < 1.29 is 14.3 Å². The van der Waals surface area contributed by atoms with Crippen molar-refractivity contribution in [2.24, 2.45) is 0 Å². The highest BCUT2D eigenvalue weighted by Crippen LogP contribution is 2.28. The summed E-state index contributed by atoms with van der Waals surface area (Å²) in [5, 5.41) is 5.69. The first-order valence-electron chi connectivity index (χ1n) is 7.31. The van der Waals surface area contributed by atoms with Crippen molar-refractivity contribution in [3.63, 3.8) is 0 Å². The van der Waals surface area contributed by atoms with Crippen molar-refractivity contribution in [3.8, 4) is 21.4 Å². The summed E-state index contributed by atoms with van der Waals surface area (Å²) in [6.45, 7) is 0.803. The fourth-order valence-corrected chi connectivity index (χ4v) is 3.64. The summed E-state index contributed by atoms with van der Waals surface area (Å²) in [4.78, 5) is 18.1. The topological polar surface area (TPSA) is 60.5 Å². The van der Waals surface area contributed by atoms with E-state index in [1.807, 2.05) is 35.7 Å². The van der Waals surface area contributed by atoms with Gasteiger partial charge in [-0.05, 0) is 23.6 Å². The van der Waals surface area contributed by atoms with Crippen molar-refractivity contribution in [3.05, 3.63) is 52.9 Å². The lowest BCUT2D eigenvalue weighted by atomic mass is 10.3. The number of amides is 1. The van der Waals surface area contributed by atoms with Gasteiger partial charge in [0.05, 0.1) is 24.7 Å². The third kappa shape index (κ3) is 4.12. The van der Waals surface area contributed by atoms with Gasteiger partial charge in [-0.1, -0.05) is 12.1 Å². The van der Waals surface area contributed by atoms with Gasteiger partial charge in [0.15, 0.2) is 0 Å². The Kier molecular flexibility index (Phi) is 5.45. The second-order valence-electron chi connectivity index (χ2n) is 4.79. The van der Waals surface area contributed by atoms with Crippen molar-refractivity contribution >= 4 is 28.6 Å². The van der Waals surface area contributed by atoms with Crippen LogP contribution in [0.25, 0.3) is 9.88 Å². The van der Waals surface area contributed by atoms with Crippen LogP contribution in [0.2, 0.25) is 0 Å². The monoisotopic (exact) mass is 360 g/mol. The second kappa shape index (κ2) is 7.94. The highest BCUT2D eigenvalue weighted by atomic mass is 32.1. The number of carbonyl (C=O) groups is 1. The molecule has 1 amide bonds. The van der Waals surface area contributed by atoms with Crippen LogP contribution in [0.3, 0.4) is 0 Å². The molecule has 5 nitrogen and oxygen atoms in total. The summed E-state index contributed by atoms with van der Waals surface area (Å²) in [6.07, 6.45) is 1.61. The molecule has 1 N–H and O–H groups in total. The quantitative estimate of drug-likeness (QED) is 0.653. The number of thiazole rings is 1. The van der Waals surface area contributed by atoms with Crippen LogP contribution < -0.4 is 14.8 Å². The average Bonchev–Trinajstić information content (AvgIpc) is 3.29. The predicted octanol–water partition coefficient (Wildman–Crippen LogP) is 3.69. The fourth-order valence-electron chi connectivity index (χ4n) is 2.00. The zero-order valence-corrected chi connectivity index (χ0v) is 14.7. The van der Waals surface area contributed by atoms with E-state index < -0.39 is 0 Å². The molecule has 0 saturated heterocycles. The lowest BCUT2D eigenvalue weighted by molar-refractivity contribution is 0.0951. The van der Waals surface area contributed by atoms with E-state index in [1.54, 1.807) is 30.7 Å².